The third kappa shape index (κ3) is 2.20. The molecule has 21 heavy (non-hydrogen) atoms. The molecule has 0 aliphatic heterocycles. The van der Waals surface area contributed by atoms with E-state index in [9.17, 15) is 14.4 Å². The third-order valence-electron chi connectivity index (χ3n) is 3.78. The Morgan fingerprint density at radius 3 is 2.29 bits per heavy atom. The fourth-order valence-corrected chi connectivity index (χ4v) is 2.62. The molecule has 1 aromatic rings. The number of hydrogen-bond donors (Lipinski definition) is 0. The van der Waals surface area contributed by atoms with E-state index in [-0.39, 0.29) is 24.4 Å². The first-order chi connectivity index (χ1) is 9.98. The van der Waals surface area contributed by atoms with Crippen LogP contribution in [0.25, 0.3) is 5.57 Å². The average Bonchev–Trinajstić information content (AvgIpc) is 2.51. The zero-order chi connectivity index (χ0) is 15.6. The molecule has 4 heteroatoms. The van der Waals surface area contributed by atoms with Gasteiger partial charge in [0, 0.05) is 6.42 Å². The molecule has 0 amide bonds. The standard InChI is InChI=1S/C17H18O4/c1-4-12(18)13-14(11-9-7-6-8-10-11)17(3,15(13)19)16(20)21-5-2/h6-10H,4-5H2,1-3H3. The molecule has 1 aromatic carbocycles. The van der Waals surface area contributed by atoms with E-state index in [1.807, 2.05) is 18.2 Å². The summed E-state index contributed by atoms with van der Waals surface area (Å²) in [7, 11) is 0. The van der Waals surface area contributed by atoms with Crippen LogP contribution in [-0.4, -0.2) is 24.1 Å². The summed E-state index contributed by atoms with van der Waals surface area (Å²) >= 11 is 0. The average molecular weight is 286 g/mol. The molecular formula is C17H18O4. The second kappa shape index (κ2) is 5.64. The number of ether oxygens (including phenoxy) is 1. The predicted molar refractivity (Wildman–Crippen MR) is 78.4 cm³/mol. The van der Waals surface area contributed by atoms with Gasteiger partial charge in [0.1, 0.15) is 0 Å². The predicted octanol–water partition coefficient (Wildman–Crippen LogP) is 2.57. The summed E-state index contributed by atoms with van der Waals surface area (Å²) in [6, 6.07) is 9.05. The molecule has 0 radical (unpaired) electrons. The van der Waals surface area contributed by atoms with Crippen LogP contribution in [0, 0.1) is 5.41 Å². The fourth-order valence-electron chi connectivity index (χ4n) is 2.62. The van der Waals surface area contributed by atoms with Gasteiger partial charge in [0.2, 0.25) is 0 Å². The Bertz CT molecular complexity index is 627. The Hall–Kier alpha value is -2.23. The number of carbonyl (C=O) groups excluding carboxylic acids is 3. The van der Waals surface area contributed by atoms with Crippen LogP contribution < -0.4 is 0 Å². The van der Waals surface area contributed by atoms with Crippen LogP contribution in [0.1, 0.15) is 32.8 Å². The van der Waals surface area contributed by atoms with E-state index in [1.54, 1.807) is 26.0 Å². The molecule has 0 heterocycles. The van der Waals surface area contributed by atoms with Crippen molar-refractivity contribution in [3.8, 4) is 0 Å². The molecule has 1 aliphatic rings. The van der Waals surface area contributed by atoms with E-state index in [4.69, 9.17) is 4.74 Å². The number of carbonyl (C=O) groups is 3. The van der Waals surface area contributed by atoms with Crippen LogP contribution in [0.15, 0.2) is 35.9 Å². The van der Waals surface area contributed by atoms with E-state index in [1.165, 1.54) is 6.92 Å². The number of ketones is 2. The highest BCUT2D eigenvalue weighted by atomic mass is 16.5. The van der Waals surface area contributed by atoms with Crippen LogP contribution in [0.3, 0.4) is 0 Å². The van der Waals surface area contributed by atoms with Gasteiger partial charge in [-0.05, 0) is 25.0 Å². The second-order valence-electron chi connectivity index (χ2n) is 5.07. The lowest BCUT2D eigenvalue weighted by Gasteiger charge is -2.39. The lowest BCUT2D eigenvalue weighted by molar-refractivity contribution is -0.155. The molecule has 1 unspecified atom stereocenters. The molecule has 2 rings (SSSR count). The number of rotatable bonds is 5. The van der Waals surface area contributed by atoms with Crippen molar-refractivity contribution >= 4 is 23.1 Å². The molecule has 0 saturated carbocycles. The van der Waals surface area contributed by atoms with Crippen molar-refractivity contribution in [2.75, 3.05) is 6.61 Å². The SMILES string of the molecule is CCOC(=O)C1(C)C(=O)C(C(=O)CC)=C1c1ccccc1. The van der Waals surface area contributed by atoms with Crippen molar-refractivity contribution in [2.45, 2.75) is 27.2 Å². The first kappa shape index (κ1) is 15.2. The molecule has 0 aromatic heterocycles. The zero-order valence-corrected chi connectivity index (χ0v) is 12.4. The zero-order valence-electron chi connectivity index (χ0n) is 12.4. The maximum absolute atomic E-state index is 12.4. The number of allylic oxidation sites excluding steroid dienone is 1. The summed E-state index contributed by atoms with van der Waals surface area (Å²) in [5.41, 5.74) is -0.0422. The van der Waals surface area contributed by atoms with Gasteiger partial charge in [-0.2, -0.15) is 0 Å². The van der Waals surface area contributed by atoms with Crippen molar-refractivity contribution in [3.05, 3.63) is 41.5 Å². The Balaban J connectivity index is 2.60. The molecule has 110 valence electrons. The third-order valence-corrected chi connectivity index (χ3v) is 3.78. The Morgan fingerprint density at radius 2 is 1.76 bits per heavy atom. The molecule has 0 bridgehead atoms. The Kier molecular flexibility index (Phi) is 4.07. The minimum absolute atomic E-state index is 0.138. The minimum atomic E-state index is -1.38. The number of esters is 1. The van der Waals surface area contributed by atoms with Gasteiger partial charge < -0.3 is 4.74 Å². The summed E-state index contributed by atoms with van der Waals surface area (Å²) in [6.45, 7) is 5.11. The summed E-state index contributed by atoms with van der Waals surface area (Å²) in [5, 5.41) is 0. The summed E-state index contributed by atoms with van der Waals surface area (Å²) in [4.78, 5) is 36.6. The minimum Gasteiger partial charge on any atom is -0.465 e. The Labute approximate surface area is 123 Å². The van der Waals surface area contributed by atoms with Crippen molar-refractivity contribution in [2.24, 2.45) is 5.41 Å². The molecule has 4 nitrogen and oxygen atoms in total. The lowest BCUT2D eigenvalue weighted by Crippen LogP contribution is -2.50. The van der Waals surface area contributed by atoms with Gasteiger partial charge in [-0.25, -0.2) is 0 Å². The summed E-state index contributed by atoms with van der Waals surface area (Å²) in [6.07, 6.45) is 0.232. The van der Waals surface area contributed by atoms with Crippen molar-refractivity contribution in [3.63, 3.8) is 0 Å². The van der Waals surface area contributed by atoms with Crippen LogP contribution in [0.5, 0.6) is 0 Å². The lowest BCUT2D eigenvalue weighted by atomic mass is 9.60. The highest BCUT2D eigenvalue weighted by Gasteiger charge is 2.58. The topological polar surface area (TPSA) is 60.4 Å². The van der Waals surface area contributed by atoms with Crippen LogP contribution in [-0.2, 0) is 19.1 Å². The van der Waals surface area contributed by atoms with Gasteiger partial charge in [-0.1, -0.05) is 37.3 Å². The maximum atomic E-state index is 12.4. The van der Waals surface area contributed by atoms with Crippen LogP contribution in [0.4, 0.5) is 0 Å². The fraction of sp³-hybridized carbons (Fsp3) is 0.353. The Morgan fingerprint density at radius 1 is 1.14 bits per heavy atom. The second-order valence-corrected chi connectivity index (χ2v) is 5.07. The van der Waals surface area contributed by atoms with E-state index in [0.717, 1.165) is 0 Å². The molecule has 1 atom stereocenters. The van der Waals surface area contributed by atoms with Gasteiger partial charge in [-0.15, -0.1) is 0 Å². The van der Waals surface area contributed by atoms with Crippen LogP contribution >= 0.6 is 0 Å². The quantitative estimate of drug-likeness (QED) is 0.474. The molecule has 0 saturated heterocycles. The smallest absolute Gasteiger partial charge is 0.324 e. The molecular weight excluding hydrogens is 268 g/mol. The summed E-state index contributed by atoms with van der Waals surface area (Å²) < 4.78 is 5.03. The normalized spacial score (nSPS) is 21.0. The highest BCUT2D eigenvalue weighted by Crippen LogP contribution is 2.50. The molecule has 1 aliphatic carbocycles. The highest BCUT2D eigenvalue weighted by molar-refractivity contribution is 6.42. The molecule has 0 spiro atoms. The molecule has 0 fully saturated rings. The largest absolute Gasteiger partial charge is 0.465 e. The van der Waals surface area contributed by atoms with Gasteiger partial charge in [0.15, 0.2) is 17.0 Å². The van der Waals surface area contributed by atoms with Crippen LogP contribution in [0.2, 0.25) is 0 Å². The van der Waals surface area contributed by atoms with Crippen molar-refractivity contribution in [1.82, 2.24) is 0 Å². The first-order valence-corrected chi connectivity index (χ1v) is 7.03. The van der Waals surface area contributed by atoms with E-state index in [0.29, 0.717) is 11.1 Å². The van der Waals surface area contributed by atoms with E-state index < -0.39 is 17.2 Å². The number of hydrogen-bond acceptors (Lipinski definition) is 4. The van der Waals surface area contributed by atoms with Crippen molar-refractivity contribution < 1.29 is 19.1 Å². The van der Waals surface area contributed by atoms with Gasteiger partial charge in [0.25, 0.3) is 0 Å². The first-order valence-electron chi connectivity index (χ1n) is 7.03. The van der Waals surface area contributed by atoms with E-state index >= 15 is 0 Å². The number of Topliss-reactive ketones (excluding diaryl/α,β-unsaturated/α-hetero) is 2. The molecule has 0 N–H and O–H groups in total. The number of benzene rings is 1. The van der Waals surface area contributed by atoms with Gasteiger partial charge in [0.05, 0.1) is 12.2 Å². The maximum Gasteiger partial charge on any atom is 0.324 e. The van der Waals surface area contributed by atoms with Gasteiger partial charge >= 0.3 is 5.97 Å². The van der Waals surface area contributed by atoms with Gasteiger partial charge in [-0.3, -0.25) is 14.4 Å². The van der Waals surface area contributed by atoms with E-state index in [2.05, 4.69) is 0 Å². The summed E-state index contributed by atoms with van der Waals surface area (Å²) in [5.74, 6) is -1.27. The monoisotopic (exact) mass is 286 g/mol. The van der Waals surface area contributed by atoms with Crippen molar-refractivity contribution in [1.29, 1.82) is 0 Å².